The molecule has 174 valence electrons. The molecule has 1 heterocycles. The van der Waals surface area contributed by atoms with Gasteiger partial charge in [0.2, 0.25) is 0 Å². The summed E-state index contributed by atoms with van der Waals surface area (Å²) < 4.78 is 11.0. The normalized spacial score (nSPS) is 15.9. The van der Waals surface area contributed by atoms with Gasteiger partial charge in [-0.2, -0.15) is 0 Å². The van der Waals surface area contributed by atoms with Crippen LogP contribution in [0.25, 0.3) is 6.08 Å². The zero-order chi connectivity index (χ0) is 24.1. The van der Waals surface area contributed by atoms with Crippen LogP contribution in [0.4, 0.5) is 5.69 Å². The van der Waals surface area contributed by atoms with Gasteiger partial charge < -0.3 is 9.47 Å². The predicted molar refractivity (Wildman–Crippen MR) is 140 cm³/mol. The first kappa shape index (κ1) is 24.2. The molecule has 1 fully saturated rings. The number of hydrogen-bond acceptors (Lipinski definition) is 5. The molecular weight excluding hydrogens is 491 g/mol. The Hall–Kier alpha value is -2.93. The minimum Gasteiger partial charge on any atom is -0.497 e. The number of amidine groups is 1. The van der Waals surface area contributed by atoms with Crippen molar-refractivity contribution in [1.29, 1.82) is 0 Å². The number of amides is 1. The van der Waals surface area contributed by atoms with Crippen molar-refractivity contribution >= 4 is 57.8 Å². The highest BCUT2D eigenvalue weighted by Gasteiger charge is 2.32. The number of halogens is 2. The van der Waals surface area contributed by atoms with Gasteiger partial charge in [0, 0.05) is 6.54 Å². The zero-order valence-corrected chi connectivity index (χ0v) is 21.0. The van der Waals surface area contributed by atoms with E-state index in [2.05, 4.69) is 4.99 Å². The number of thioether (sulfide) groups is 1. The smallest absolute Gasteiger partial charge is 0.266 e. The number of carbonyl (C=O) groups excluding carboxylic acids is 1. The quantitative estimate of drug-likeness (QED) is 0.314. The van der Waals surface area contributed by atoms with E-state index in [9.17, 15) is 4.79 Å². The van der Waals surface area contributed by atoms with Gasteiger partial charge in [-0.15, -0.1) is 0 Å². The maximum atomic E-state index is 13.0. The summed E-state index contributed by atoms with van der Waals surface area (Å²) in [6.07, 6.45) is 1.77. The molecule has 4 rings (SSSR count). The number of benzene rings is 3. The highest BCUT2D eigenvalue weighted by atomic mass is 35.5. The first-order chi connectivity index (χ1) is 16.5. The summed E-state index contributed by atoms with van der Waals surface area (Å²) >= 11 is 14.2. The maximum absolute atomic E-state index is 13.0. The van der Waals surface area contributed by atoms with Crippen molar-refractivity contribution in [2.24, 2.45) is 4.99 Å². The summed E-state index contributed by atoms with van der Waals surface area (Å²) in [4.78, 5) is 19.8. The van der Waals surface area contributed by atoms with Gasteiger partial charge in [-0.25, -0.2) is 4.99 Å². The number of nitrogens with zero attached hydrogens (tertiary/aromatic N) is 2. The second-order valence-corrected chi connectivity index (χ2v) is 9.16. The summed E-state index contributed by atoms with van der Waals surface area (Å²) in [6.45, 7) is 2.77. The average Bonchev–Trinajstić information content (AvgIpc) is 3.13. The molecule has 1 aliphatic heterocycles. The molecule has 0 aliphatic carbocycles. The van der Waals surface area contributed by atoms with Gasteiger partial charge in [-0.1, -0.05) is 53.5 Å². The fourth-order valence-electron chi connectivity index (χ4n) is 3.32. The van der Waals surface area contributed by atoms with Gasteiger partial charge >= 0.3 is 0 Å². The molecule has 0 radical (unpaired) electrons. The zero-order valence-electron chi connectivity index (χ0n) is 18.6. The summed E-state index contributed by atoms with van der Waals surface area (Å²) in [5, 5.41) is 1.37. The van der Waals surface area contributed by atoms with Gasteiger partial charge in [-0.05, 0) is 72.3 Å². The van der Waals surface area contributed by atoms with E-state index < -0.39 is 0 Å². The maximum Gasteiger partial charge on any atom is 0.266 e. The van der Waals surface area contributed by atoms with Gasteiger partial charge in [0.1, 0.15) is 12.4 Å². The first-order valence-electron chi connectivity index (χ1n) is 10.6. The van der Waals surface area contributed by atoms with Crippen LogP contribution in [0, 0.1) is 0 Å². The van der Waals surface area contributed by atoms with Crippen LogP contribution in [0.3, 0.4) is 0 Å². The Labute approximate surface area is 213 Å². The molecule has 3 aromatic rings. The topological polar surface area (TPSA) is 51.1 Å². The fourth-order valence-corrected chi connectivity index (χ4v) is 4.99. The largest absolute Gasteiger partial charge is 0.497 e. The Kier molecular flexibility index (Phi) is 7.83. The van der Waals surface area contributed by atoms with Gasteiger partial charge in [0.15, 0.2) is 10.9 Å². The van der Waals surface area contributed by atoms with Gasteiger partial charge in [-0.3, -0.25) is 9.69 Å². The van der Waals surface area contributed by atoms with E-state index in [1.54, 1.807) is 30.2 Å². The molecular formula is C26H22Cl2N2O3S. The van der Waals surface area contributed by atoms with Crippen molar-refractivity contribution in [3.63, 3.8) is 0 Å². The van der Waals surface area contributed by atoms with Crippen LogP contribution in [-0.4, -0.2) is 29.6 Å². The number of likely N-dealkylation sites (N-methyl/N-ethyl adjacent to an activating group) is 1. The van der Waals surface area contributed by atoms with Crippen LogP contribution >= 0.6 is 35.0 Å². The van der Waals surface area contributed by atoms with Gasteiger partial charge in [0.25, 0.3) is 5.91 Å². The SMILES string of the molecule is CCN1C(=O)/C(=C\c2cc(Cl)c(OCc3ccccc3)c(Cl)c2)SC1=Nc1ccc(OC)cc1. The van der Waals surface area contributed by atoms with E-state index in [1.165, 1.54) is 11.8 Å². The van der Waals surface area contributed by atoms with E-state index in [-0.39, 0.29) is 5.91 Å². The second-order valence-electron chi connectivity index (χ2n) is 7.34. The predicted octanol–water partition coefficient (Wildman–Crippen LogP) is 7.20. The van der Waals surface area contributed by atoms with Crippen LogP contribution in [0.15, 0.2) is 76.6 Å². The van der Waals surface area contributed by atoms with Crippen LogP contribution in [-0.2, 0) is 11.4 Å². The molecule has 0 atom stereocenters. The summed E-state index contributed by atoms with van der Waals surface area (Å²) in [5.41, 5.74) is 2.46. The van der Waals surface area contributed by atoms with Crippen LogP contribution in [0.1, 0.15) is 18.1 Å². The van der Waals surface area contributed by atoms with Crippen LogP contribution < -0.4 is 9.47 Å². The van der Waals surface area contributed by atoms with E-state index >= 15 is 0 Å². The van der Waals surface area contributed by atoms with Crippen molar-refractivity contribution in [2.45, 2.75) is 13.5 Å². The Bertz CT molecular complexity index is 1220. The van der Waals surface area contributed by atoms with Crippen LogP contribution in [0.5, 0.6) is 11.5 Å². The summed E-state index contributed by atoms with van der Waals surface area (Å²) in [5.74, 6) is 1.05. The Balaban J connectivity index is 1.55. The number of ether oxygens (including phenoxy) is 2. The molecule has 0 unspecified atom stereocenters. The average molecular weight is 513 g/mol. The standard InChI is InChI=1S/C26H22Cl2N2O3S/c1-3-30-25(31)23(34-26(30)29-19-9-11-20(32-2)12-10-19)15-18-13-21(27)24(22(28)14-18)33-16-17-7-5-4-6-8-17/h4-15H,3,16H2,1-2H3/b23-15+,29-26?. The summed E-state index contributed by atoms with van der Waals surface area (Å²) in [7, 11) is 1.61. The highest BCUT2D eigenvalue weighted by molar-refractivity contribution is 8.18. The minimum atomic E-state index is -0.114. The van der Waals surface area contributed by atoms with Crippen molar-refractivity contribution in [3.05, 3.63) is 92.8 Å². The second kappa shape index (κ2) is 11.0. The lowest BCUT2D eigenvalue weighted by Gasteiger charge is -2.12. The molecule has 3 aromatic carbocycles. The molecule has 0 N–H and O–H groups in total. The Morgan fingerprint density at radius 1 is 1.03 bits per heavy atom. The van der Waals surface area contributed by atoms with E-state index in [1.807, 2.05) is 61.5 Å². The number of methoxy groups -OCH3 is 1. The third-order valence-electron chi connectivity index (χ3n) is 5.05. The molecule has 0 spiro atoms. The summed E-state index contributed by atoms with van der Waals surface area (Å²) in [6, 6.07) is 20.6. The van der Waals surface area contributed by atoms with E-state index in [0.717, 1.165) is 17.0 Å². The van der Waals surface area contributed by atoms with Gasteiger partial charge in [0.05, 0.1) is 27.7 Å². The molecule has 1 aliphatic rings. The third kappa shape index (κ3) is 5.58. The molecule has 34 heavy (non-hydrogen) atoms. The van der Waals surface area contributed by atoms with E-state index in [0.29, 0.717) is 44.6 Å². The number of hydrogen-bond donors (Lipinski definition) is 0. The number of carbonyl (C=O) groups is 1. The van der Waals surface area contributed by atoms with E-state index in [4.69, 9.17) is 32.7 Å². The van der Waals surface area contributed by atoms with Crippen LogP contribution in [0.2, 0.25) is 10.0 Å². The number of rotatable bonds is 7. The van der Waals surface area contributed by atoms with Crippen molar-refractivity contribution < 1.29 is 14.3 Å². The van der Waals surface area contributed by atoms with Crippen molar-refractivity contribution in [1.82, 2.24) is 4.90 Å². The molecule has 8 heteroatoms. The fraction of sp³-hybridized carbons (Fsp3) is 0.154. The Morgan fingerprint density at radius 2 is 1.71 bits per heavy atom. The van der Waals surface area contributed by atoms with Crippen molar-refractivity contribution in [3.8, 4) is 11.5 Å². The monoisotopic (exact) mass is 512 g/mol. The number of aliphatic imine (C=N–C) groups is 1. The van der Waals surface area contributed by atoms with Crippen molar-refractivity contribution in [2.75, 3.05) is 13.7 Å². The molecule has 0 saturated carbocycles. The first-order valence-corrected chi connectivity index (χ1v) is 12.2. The molecule has 0 bridgehead atoms. The lowest BCUT2D eigenvalue weighted by atomic mass is 10.2. The lowest BCUT2D eigenvalue weighted by molar-refractivity contribution is -0.122. The molecule has 1 saturated heterocycles. The molecule has 1 amide bonds. The third-order valence-corrected chi connectivity index (χ3v) is 6.61. The molecule has 5 nitrogen and oxygen atoms in total. The molecule has 0 aromatic heterocycles. The minimum absolute atomic E-state index is 0.114. The Morgan fingerprint density at radius 3 is 2.32 bits per heavy atom. The lowest BCUT2D eigenvalue weighted by Crippen LogP contribution is -2.28. The highest BCUT2D eigenvalue weighted by Crippen LogP contribution is 2.38.